The lowest BCUT2D eigenvalue weighted by molar-refractivity contribution is 0.415. The summed E-state index contributed by atoms with van der Waals surface area (Å²) in [6.07, 6.45) is 1.97. The molecule has 1 aromatic heterocycles. The van der Waals surface area contributed by atoms with Crippen LogP contribution < -0.4 is 10.1 Å². The monoisotopic (exact) mass is 297 g/mol. The summed E-state index contributed by atoms with van der Waals surface area (Å²) in [6.45, 7) is 0. The van der Waals surface area contributed by atoms with Crippen molar-refractivity contribution in [3.8, 4) is 5.75 Å². The molecule has 0 spiro atoms. The van der Waals surface area contributed by atoms with E-state index in [2.05, 4.69) is 15.3 Å². The van der Waals surface area contributed by atoms with E-state index in [1.807, 2.05) is 54.8 Å². The first-order chi connectivity index (χ1) is 10.3. The van der Waals surface area contributed by atoms with E-state index in [1.165, 1.54) is 11.8 Å². The first kappa shape index (κ1) is 13.7. The van der Waals surface area contributed by atoms with E-state index in [4.69, 9.17) is 4.74 Å². The van der Waals surface area contributed by atoms with Crippen LogP contribution in [0, 0.1) is 0 Å². The molecule has 2 aromatic carbocycles. The summed E-state index contributed by atoms with van der Waals surface area (Å²) in [7, 11) is 1.66. The quantitative estimate of drug-likeness (QED) is 0.580. The molecule has 0 atom stereocenters. The molecule has 0 fully saturated rings. The van der Waals surface area contributed by atoms with Gasteiger partial charge < -0.3 is 10.1 Å². The van der Waals surface area contributed by atoms with Crippen LogP contribution in [0.5, 0.6) is 5.75 Å². The molecule has 0 saturated heterocycles. The van der Waals surface area contributed by atoms with E-state index in [1.54, 1.807) is 7.11 Å². The number of hydrogen-bond donors (Lipinski definition) is 1. The average Bonchev–Trinajstić information content (AvgIpc) is 2.55. The molecule has 0 aliphatic heterocycles. The molecular formula is C16H15N3OS. The Morgan fingerprint density at radius 2 is 1.76 bits per heavy atom. The smallest absolute Gasteiger partial charge is 0.189 e. The predicted octanol–water partition coefficient (Wildman–Crippen LogP) is 4.10. The van der Waals surface area contributed by atoms with Crippen molar-refractivity contribution in [3.05, 3.63) is 48.5 Å². The first-order valence-electron chi connectivity index (χ1n) is 6.52. The number of aromatic nitrogens is 2. The van der Waals surface area contributed by atoms with Gasteiger partial charge in [0.15, 0.2) is 5.16 Å². The van der Waals surface area contributed by atoms with Gasteiger partial charge in [0.1, 0.15) is 11.6 Å². The third kappa shape index (κ3) is 2.92. The fourth-order valence-electron chi connectivity index (χ4n) is 2.05. The number of fused-ring (bicyclic) bond motifs is 1. The predicted molar refractivity (Wildman–Crippen MR) is 87.6 cm³/mol. The summed E-state index contributed by atoms with van der Waals surface area (Å²) in [5.74, 6) is 1.65. The van der Waals surface area contributed by atoms with Gasteiger partial charge in [-0.05, 0) is 42.7 Å². The number of hydrogen-bond acceptors (Lipinski definition) is 5. The summed E-state index contributed by atoms with van der Waals surface area (Å²) < 4.78 is 5.17. The van der Waals surface area contributed by atoms with Gasteiger partial charge in [0.05, 0.1) is 12.6 Å². The van der Waals surface area contributed by atoms with Crippen molar-refractivity contribution in [1.29, 1.82) is 0 Å². The molecule has 0 unspecified atom stereocenters. The van der Waals surface area contributed by atoms with Gasteiger partial charge in [-0.15, -0.1) is 0 Å². The molecule has 1 N–H and O–H groups in total. The highest BCUT2D eigenvalue weighted by molar-refractivity contribution is 7.98. The number of benzene rings is 2. The van der Waals surface area contributed by atoms with Gasteiger partial charge >= 0.3 is 0 Å². The van der Waals surface area contributed by atoms with Crippen molar-refractivity contribution in [2.24, 2.45) is 0 Å². The maximum absolute atomic E-state index is 5.17. The SMILES string of the molecule is COc1ccc(Nc2nc(SC)nc3ccccc23)cc1. The fraction of sp³-hybridized carbons (Fsp3) is 0.125. The zero-order valence-electron chi connectivity index (χ0n) is 11.8. The Balaban J connectivity index is 2.01. The van der Waals surface area contributed by atoms with E-state index in [0.717, 1.165) is 33.3 Å². The molecular weight excluding hydrogens is 282 g/mol. The van der Waals surface area contributed by atoms with Crippen molar-refractivity contribution < 1.29 is 4.74 Å². The molecule has 0 amide bonds. The fourth-order valence-corrected chi connectivity index (χ4v) is 2.43. The minimum atomic E-state index is 0.754. The van der Waals surface area contributed by atoms with E-state index in [0.29, 0.717) is 0 Å². The second kappa shape index (κ2) is 6.01. The Morgan fingerprint density at radius 1 is 1.00 bits per heavy atom. The van der Waals surface area contributed by atoms with Crippen LogP contribution in [0.3, 0.4) is 0 Å². The largest absolute Gasteiger partial charge is 0.497 e. The molecule has 106 valence electrons. The Hall–Kier alpha value is -2.27. The lowest BCUT2D eigenvalue weighted by Crippen LogP contribution is -1.98. The summed E-state index contributed by atoms with van der Waals surface area (Å²) in [5, 5.41) is 5.11. The highest BCUT2D eigenvalue weighted by atomic mass is 32.2. The van der Waals surface area contributed by atoms with Gasteiger partial charge in [-0.1, -0.05) is 23.9 Å². The Labute approximate surface area is 127 Å². The maximum atomic E-state index is 5.17. The van der Waals surface area contributed by atoms with Gasteiger partial charge in [-0.2, -0.15) is 0 Å². The van der Waals surface area contributed by atoms with Crippen molar-refractivity contribution >= 4 is 34.2 Å². The number of nitrogens with zero attached hydrogens (tertiary/aromatic N) is 2. The Bertz CT molecular complexity index is 759. The molecule has 1 heterocycles. The Morgan fingerprint density at radius 3 is 2.48 bits per heavy atom. The van der Waals surface area contributed by atoms with Gasteiger partial charge in [-0.25, -0.2) is 9.97 Å². The van der Waals surface area contributed by atoms with Gasteiger partial charge in [0, 0.05) is 11.1 Å². The third-order valence-corrected chi connectivity index (χ3v) is 3.67. The van der Waals surface area contributed by atoms with Crippen LogP contribution in [-0.4, -0.2) is 23.3 Å². The zero-order chi connectivity index (χ0) is 14.7. The van der Waals surface area contributed by atoms with E-state index >= 15 is 0 Å². The summed E-state index contributed by atoms with van der Waals surface area (Å²) >= 11 is 1.53. The molecule has 0 aliphatic carbocycles. The second-order valence-corrected chi connectivity index (χ2v) is 5.20. The zero-order valence-corrected chi connectivity index (χ0v) is 12.6. The lowest BCUT2D eigenvalue weighted by atomic mass is 10.2. The number of anilines is 2. The molecule has 21 heavy (non-hydrogen) atoms. The molecule has 5 heteroatoms. The normalized spacial score (nSPS) is 10.6. The van der Waals surface area contributed by atoms with Crippen molar-refractivity contribution in [2.45, 2.75) is 5.16 Å². The van der Waals surface area contributed by atoms with Crippen molar-refractivity contribution in [1.82, 2.24) is 9.97 Å². The number of nitrogens with one attached hydrogen (secondary N) is 1. The van der Waals surface area contributed by atoms with Crippen LogP contribution in [0.1, 0.15) is 0 Å². The summed E-state index contributed by atoms with van der Waals surface area (Å²) in [4.78, 5) is 9.08. The van der Waals surface area contributed by atoms with Gasteiger partial charge in [0.2, 0.25) is 0 Å². The molecule has 3 aromatic rings. The van der Waals surface area contributed by atoms with E-state index in [9.17, 15) is 0 Å². The number of methoxy groups -OCH3 is 1. The Kier molecular flexibility index (Phi) is 3.92. The third-order valence-electron chi connectivity index (χ3n) is 3.12. The first-order valence-corrected chi connectivity index (χ1v) is 7.74. The maximum Gasteiger partial charge on any atom is 0.189 e. The minimum Gasteiger partial charge on any atom is -0.497 e. The minimum absolute atomic E-state index is 0.754. The van der Waals surface area contributed by atoms with Crippen LogP contribution in [0.15, 0.2) is 53.7 Å². The molecule has 0 aliphatic rings. The second-order valence-electron chi connectivity index (χ2n) is 4.43. The molecule has 4 nitrogen and oxygen atoms in total. The molecule has 3 rings (SSSR count). The highest BCUT2D eigenvalue weighted by Crippen LogP contribution is 2.26. The topological polar surface area (TPSA) is 47.0 Å². The van der Waals surface area contributed by atoms with Crippen LogP contribution in [0.4, 0.5) is 11.5 Å². The average molecular weight is 297 g/mol. The standard InChI is InChI=1S/C16H15N3OS/c1-20-12-9-7-11(8-10-12)17-15-13-5-3-4-6-14(13)18-16(19-15)21-2/h3-10H,1-2H3,(H,17,18,19). The summed E-state index contributed by atoms with van der Waals surface area (Å²) in [6, 6.07) is 15.8. The van der Waals surface area contributed by atoms with Crippen LogP contribution in [0.25, 0.3) is 10.9 Å². The lowest BCUT2D eigenvalue weighted by Gasteiger charge is -2.10. The van der Waals surface area contributed by atoms with Crippen molar-refractivity contribution in [3.63, 3.8) is 0 Å². The van der Waals surface area contributed by atoms with Gasteiger partial charge in [0.25, 0.3) is 0 Å². The van der Waals surface area contributed by atoms with E-state index < -0.39 is 0 Å². The number of ether oxygens (including phenoxy) is 1. The highest BCUT2D eigenvalue weighted by Gasteiger charge is 2.07. The molecule has 0 radical (unpaired) electrons. The summed E-state index contributed by atoms with van der Waals surface area (Å²) in [5.41, 5.74) is 1.90. The number of rotatable bonds is 4. The van der Waals surface area contributed by atoms with Crippen LogP contribution >= 0.6 is 11.8 Å². The number of para-hydroxylation sites is 1. The van der Waals surface area contributed by atoms with E-state index in [-0.39, 0.29) is 0 Å². The van der Waals surface area contributed by atoms with Crippen LogP contribution in [0.2, 0.25) is 0 Å². The molecule has 0 bridgehead atoms. The van der Waals surface area contributed by atoms with Crippen molar-refractivity contribution in [2.75, 3.05) is 18.7 Å². The molecule has 0 saturated carbocycles. The van der Waals surface area contributed by atoms with Gasteiger partial charge in [-0.3, -0.25) is 0 Å². The number of thioether (sulfide) groups is 1. The van der Waals surface area contributed by atoms with Crippen LogP contribution in [-0.2, 0) is 0 Å².